The highest BCUT2D eigenvalue weighted by Crippen LogP contribution is 2.27. The van der Waals surface area contributed by atoms with Crippen molar-refractivity contribution in [3.05, 3.63) is 29.8 Å². The molecule has 3 nitrogen and oxygen atoms in total. The largest absolute Gasteiger partial charge is 0.494 e. The minimum absolute atomic E-state index is 0.333. The molecule has 1 atom stereocenters. The predicted octanol–water partition coefficient (Wildman–Crippen LogP) is 3.51. The summed E-state index contributed by atoms with van der Waals surface area (Å²) in [5.41, 5.74) is 1.26. The molecule has 0 radical (unpaired) electrons. The van der Waals surface area contributed by atoms with E-state index < -0.39 is 0 Å². The Morgan fingerprint density at radius 3 is 2.75 bits per heavy atom. The van der Waals surface area contributed by atoms with Gasteiger partial charge in [0.2, 0.25) is 0 Å². The third-order valence-electron chi connectivity index (χ3n) is 2.95. The van der Waals surface area contributed by atoms with Gasteiger partial charge in [0, 0.05) is 30.2 Å². The Hall–Kier alpha value is -0.710. The van der Waals surface area contributed by atoms with Crippen LogP contribution in [0.1, 0.15) is 31.9 Å². The molecule has 1 N–H and O–H groups in total. The van der Waals surface area contributed by atoms with Crippen molar-refractivity contribution in [3.63, 3.8) is 0 Å². The van der Waals surface area contributed by atoms with E-state index in [1.807, 2.05) is 24.8 Å². The van der Waals surface area contributed by atoms with E-state index in [9.17, 15) is 0 Å². The fourth-order valence-electron chi connectivity index (χ4n) is 1.98. The van der Waals surface area contributed by atoms with Gasteiger partial charge in [0.15, 0.2) is 0 Å². The van der Waals surface area contributed by atoms with Crippen LogP contribution >= 0.6 is 11.8 Å². The van der Waals surface area contributed by atoms with Crippen molar-refractivity contribution in [1.82, 2.24) is 5.32 Å². The number of benzene rings is 1. The Morgan fingerprint density at radius 2 is 2.05 bits per heavy atom. The average molecular weight is 297 g/mol. The molecular weight excluding hydrogens is 270 g/mol. The molecule has 1 unspecified atom stereocenters. The molecule has 0 aromatic heterocycles. The van der Waals surface area contributed by atoms with Crippen LogP contribution in [0.2, 0.25) is 0 Å². The van der Waals surface area contributed by atoms with Crippen LogP contribution in [0.3, 0.4) is 0 Å². The molecule has 0 amide bonds. The van der Waals surface area contributed by atoms with Gasteiger partial charge in [-0.2, -0.15) is 11.8 Å². The summed E-state index contributed by atoms with van der Waals surface area (Å²) in [6.45, 7) is 6.75. The summed E-state index contributed by atoms with van der Waals surface area (Å²) in [4.78, 5) is 0. The number of hydrogen-bond donors (Lipinski definition) is 1. The molecule has 20 heavy (non-hydrogen) atoms. The first-order valence-electron chi connectivity index (χ1n) is 7.35. The molecule has 0 aliphatic rings. The molecule has 0 fully saturated rings. The number of hydrogen-bond acceptors (Lipinski definition) is 4. The second-order valence-corrected chi connectivity index (χ2v) is 5.70. The fraction of sp³-hybridized carbons (Fsp3) is 0.625. The Morgan fingerprint density at radius 1 is 1.25 bits per heavy atom. The predicted molar refractivity (Wildman–Crippen MR) is 87.8 cm³/mol. The summed E-state index contributed by atoms with van der Waals surface area (Å²) in [5.74, 6) is 3.06. The maximum Gasteiger partial charge on any atom is 0.124 e. The summed E-state index contributed by atoms with van der Waals surface area (Å²) < 4.78 is 10.9. The number of ether oxygens (including phenoxy) is 2. The molecule has 0 bridgehead atoms. The highest BCUT2D eigenvalue weighted by Gasteiger charge is 2.15. The molecule has 0 aliphatic heterocycles. The summed E-state index contributed by atoms with van der Waals surface area (Å²) >= 11 is 1.91. The molecule has 0 aliphatic carbocycles. The standard InChI is InChI=1S/C16H27NO2S/c1-4-10-17-15(13-20-12-11-18-3)14-8-6-7-9-16(14)19-5-2/h6-9,15,17H,4-5,10-13H2,1-3H3. The van der Waals surface area contributed by atoms with E-state index in [4.69, 9.17) is 9.47 Å². The van der Waals surface area contributed by atoms with Gasteiger partial charge < -0.3 is 14.8 Å². The third kappa shape index (κ3) is 6.16. The van der Waals surface area contributed by atoms with Crippen LogP contribution in [-0.2, 0) is 4.74 Å². The molecule has 0 heterocycles. The smallest absolute Gasteiger partial charge is 0.124 e. The lowest BCUT2D eigenvalue weighted by Gasteiger charge is -2.21. The van der Waals surface area contributed by atoms with E-state index in [0.29, 0.717) is 12.6 Å². The van der Waals surface area contributed by atoms with Gasteiger partial charge in [-0.15, -0.1) is 0 Å². The highest BCUT2D eigenvalue weighted by atomic mass is 32.2. The van der Waals surface area contributed by atoms with E-state index in [2.05, 4.69) is 30.4 Å². The van der Waals surface area contributed by atoms with E-state index in [1.165, 1.54) is 5.56 Å². The van der Waals surface area contributed by atoms with Crippen molar-refractivity contribution in [2.45, 2.75) is 26.3 Å². The number of thioether (sulfide) groups is 1. The van der Waals surface area contributed by atoms with Gasteiger partial charge in [0.1, 0.15) is 5.75 Å². The fourth-order valence-corrected chi connectivity index (χ4v) is 2.96. The van der Waals surface area contributed by atoms with Gasteiger partial charge in [-0.1, -0.05) is 25.1 Å². The van der Waals surface area contributed by atoms with Crippen LogP contribution in [0.15, 0.2) is 24.3 Å². The average Bonchev–Trinajstić information content (AvgIpc) is 2.48. The second-order valence-electron chi connectivity index (χ2n) is 4.55. The summed E-state index contributed by atoms with van der Waals surface area (Å²) in [7, 11) is 1.75. The lowest BCUT2D eigenvalue weighted by atomic mass is 10.1. The molecular formula is C16H27NO2S. The van der Waals surface area contributed by atoms with Gasteiger partial charge in [-0.3, -0.25) is 0 Å². The van der Waals surface area contributed by atoms with Gasteiger partial charge >= 0.3 is 0 Å². The van der Waals surface area contributed by atoms with Crippen LogP contribution in [0.5, 0.6) is 5.75 Å². The van der Waals surface area contributed by atoms with E-state index >= 15 is 0 Å². The minimum atomic E-state index is 0.333. The van der Waals surface area contributed by atoms with Crippen LogP contribution in [0, 0.1) is 0 Å². The van der Waals surface area contributed by atoms with E-state index in [1.54, 1.807) is 7.11 Å². The van der Waals surface area contributed by atoms with Crippen molar-refractivity contribution in [2.75, 3.05) is 38.4 Å². The maximum absolute atomic E-state index is 5.75. The first-order valence-corrected chi connectivity index (χ1v) is 8.50. The zero-order chi connectivity index (χ0) is 14.6. The van der Waals surface area contributed by atoms with E-state index in [-0.39, 0.29) is 0 Å². The van der Waals surface area contributed by atoms with E-state index in [0.717, 1.165) is 36.8 Å². The SMILES string of the molecule is CCCNC(CSCCOC)c1ccccc1OCC. The lowest BCUT2D eigenvalue weighted by molar-refractivity contribution is 0.218. The number of methoxy groups -OCH3 is 1. The van der Waals surface area contributed by atoms with Crippen LogP contribution < -0.4 is 10.1 Å². The molecule has 1 rings (SSSR count). The van der Waals surface area contributed by atoms with Gasteiger partial charge in [-0.25, -0.2) is 0 Å². The van der Waals surface area contributed by atoms with Gasteiger partial charge in [0.25, 0.3) is 0 Å². The number of para-hydroxylation sites is 1. The quantitative estimate of drug-likeness (QED) is 0.633. The van der Waals surface area contributed by atoms with Crippen molar-refractivity contribution in [2.24, 2.45) is 0 Å². The summed E-state index contributed by atoms with van der Waals surface area (Å²) in [6, 6.07) is 8.66. The Bertz CT molecular complexity index is 360. The topological polar surface area (TPSA) is 30.5 Å². The summed E-state index contributed by atoms with van der Waals surface area (Å²) in [5, 5.41) is 3.62. The monoisotopic (exact) mass is 297 g/mol. The molecule has 4 heteroatoms. The molecule has 1 aromatic rings. The number of rotatable bonds is 11. The first-order chi connectivity index (χ1) is 9.83. The van der Waals surface area contributed by atoms with Crippen LogP contribution in [-0.4, -0.2) is 38.4 Å². The molecule has 0 spiro atoms. The Kier molecular flexibility index (Phi) is 9.54. The first kappa shape index (κ1) is 17.3. The molecule has 114 valence electrons. The van der Waals surface area contributed by atoms with Crippen LogP contribution in [0.25, 0.3) is 0 Å². The van der Waals surface area contributed by atoms with Crippen LogP contribution in [0.4, 0.5) is 0 Å². The van der Waals surface area contributed by atoms with Crippen molar-refractivity contribution in [3.8, 4) is 5.75 Å². The van der Waals surface area contributed by atoms with Crippen molar-refractivity contribution in [1.29, 1.82) is 0 Å². The second kappa shape index (κ2) is 11.0. The Labute approximate surface area is 127 Å². The number of nitrogens with one attached hydrogen (secondary N) is 1. The lowest BCUT2D eigenvalue weighted by Crippen LogP contribution is -2.25. The zero-order valence-electron chi connectivity index (χ0n) is 12.9. The maximum atomic E-state index is 5.75. The molecule has 1 aromatic carbocycles. The highest BCUT2D eigenvalue weighted by molar-refractivity contribution is 7.99. The third-order valence-corrected chi connectivity index (χ3v) is 3.98. The molecule has 0 saturated carbocycles. The zero-order valence-corrected chi connectivity index (χ0v) is 13.7. The van der Waals surface area contributed by atoms with Crippen molar-refractivity contribution < 1.29 is 9.47 Å². The van der Waals surface area contributed by atoms with Gasteiger partial charge in [-0.05, 0) is 26.0 Å². The molecule has 0 saturated heterocycles. The van der Waals surface area contributed by atoms with Crippen molar-refractivity contribution >= 4 is 11.8 Å². The minimum Gasteiger partial charge on any atom is -0.494 e. The normalized spacial score (nSPS) is 12.3. The summed E-state index contributed by atoms with van der Waals surface area (Å²) in [6.07, 6.45) is 1.13. The van der Waals surface area contributed by atoms with Gasteiger partial charge in [0.05, 0.1) is 13.2 Å². The Balaban J connectivity index is 2.70.